The molecule has 1 saturated carbocycles. The first-order valence-corrected chi connectivity index (χ1v) is 6.01. The first kappa shape index (κ1) is 13.5. The van der Waals surface area contributed by atoms with Crippen molar-refractivity contribution in [3.63, 3.8) is 0 Å². The number of esters is 1. The van der Waals surface area contributed by atoms with Crippen molar-refractivity contribution in [1.29, 1.82) is 0 Å². The van der Waals surface area contributed by atoms with Crippen LogP contribution in [0.15, 0.2) is 0 Å². The van der Waals surface area contributed by atoms with Gasteiger partial charge in [0, 0.05) is 19.7 Å². The van der Waals surface area contributed by atoms with Crippen LogP contribution in [0.25, 0.3) is 0 Å². The molecule has 1 unspecified atom stereocenters. The summed E-state index contributed by atoms with van der Waals surface area (Å²) in [5, 5.41) is 0. The van der Waals surface area contributed by atoms with E-state index in [9.17, 15) is 4.79 Å². The summed E-state index contributed by atoms with van der Waals surface area (Å²) in [6, 6.07) is 0.525. The van der Waals surface area contributed by atoms with Gasteiger partial charge >= 0.3 is 5.97 Å². The average molecular weight is 229 g/mol. The summed E-state index contributed by atoms with van der Waals surface area (Å²) < 4.78 is 10.00. The molecule has 1 atom stereocenters. The lowest BCUT2D eigenvalue weighted by molar-refractivity contribution is -0.143. The predicted octanol–water partition coefficient (Wildman–Crippen LogP) is 1.44. The van der Waals surface area contributed by atoms with Gasteiger partial charge in [-0.2, -0.15) is 0 Å². The lowest BCUT2D eigenvalue weighted by Gasteiger charge is -2.29. The van der Waals surface area contributed by atoms with Crippen molar-refractivity contribution in [1.82, 2.24) is 4.90 Å². The van der Waals surface area contributed by atoms with Gasteiger partial charge in [0.25, 0.3) is 0 Å². The van der Waals surface area contributed by atoms with E-state index in [0.29, 0.717) is 12.6 Å². The van der Waals surface area contributed by atoms with Gasteiger partial charge in [0.05, 0.1) is 19.8 Å². The molecule has 0 amide bonds. The third-order valence-corrected chi connectivity index (χ3v) is 3.29. The van der Waals surface area contributed by atoms with Crippen molar-refractivity contribution in [3.05, 3.63) is 0 Å². The Morgan fingerprint density at radius 3 is 2.50 bits per heavy atom. The predicted molar refractivity (Wildman–Crippen MR) is 62.3 cm³/mol. The number of hydrogen-bond donors (Lipinski definition) is 0. The summed E-state index contributed by atoms with van der Waals surface area (Å²) in [6.45, 7) is 3.21. The minimum absolute atomic E-state index is 0.157. The van der Waals surface area contributed by atoms with Crippen molar-refractivity contribution >= 4 is 5.97 Å². The Bertz CT molecular complexity index is 214. The van der Waals surface area contributed by atoms with Crippen molar-refractivity contribution in [2.24, 2.45) is 0 Å². The van der Waals surface area contributed by atoms with Crippen molar-refractivity contribution < 1.29 is 14.3 Å². The minimum atomic E-state index is -0.157. The largest absolute Gasteiger partial charge is 0.468 e. The van der Waals surface area contributed by atoms with E-state index in [2.05, 4.69) is 4.90 Å². The fourth-order valence-electron chi connectivity index (χ4n) is 2.25. The highest BCUT2D eigenvalue weighted by Crippen LogP contribution is 2.23. The van der Waals surface area contributed by atoms with Crippen LogP contribution < -0.4 is 0 Å². The zero-order valence-corrected chi connectivity index (χ0v) is 10.6. The fourth-order valence-corrected chi connectivity index (χ4v) is 2.25. The second kappa shape index (κ2) is 6.86. The van der Waals surface area contributed by atoms with E-state index in [1.54, 1.807) is 7.11 Å². The number of nitrogens with zero attached hydrogens (tertiary/aromatic N) is 1. The molecule has 1 fully saturated rings. The Morgan fingerprint density at radius 2 is 2.00 bits per heavy atom. The van der Waals surface area contributed by atoms with Gasteiger partial charge in [0.15, 0.2) is 0 Å². The Hall–Kier alpha value is -0.610. The van der Waals surface area contributed by atoms with Gasteiger partial charge in [-0.15, -0.1) is 0 Å². The molecule has 0 aromatic heterocycles. The average Bonchev–Trinajstić information content (AvgIpc) is 2.81. The van der Waals surface area contributed by atoms with Gasteiger partial charge in [-0.05, 0) is 19.8 Å². The minimum Gasteiger partial charge on any atom is -0.468 e. The lowest BCUT2D eigenvalue weighted by atomic mass is 10.2. The Balaban J connectivity index is 2.49. The molecule has 94 valence electrons. The molecule has 0 N–H and O–H groups in total. The Labute approximate surface area is 97.9 Å². The number of hydrogen-bond acceptors (Lipinski definition) is 4. The molecule has 4 nitrogen and oxygen atoms in total. The molecular weight excluding hydrogens is 206 g/mol. The Kier molecular flexibility index (Phi) is 5.77. The highest BCUT2D eigenvalue weighted by Gasteiger charge is 2.25. The van der Waals surface area contributed by atoms with E-state index in [0.717, 1.165) is 6.54 Å². The molecule has 4 heteroatoms. The van der Waals surface area contributed by atoms with Crippen molar-refractivity contribution in [2.45, 2.75) is 44.8 Å². The third-order valence-electron chi connectivity index (χ3n) is 3.29. The monoisotopic (exact) mass is 229 g/mol. The number of methoxy groups -OCH3 is 2. The first-order valence-electron chi connectivity index (χ1n) is 6.01. The number of carbonyl (C=O) groups excluding carboxylic acids is 1. The second-order valence-electron chi connectivity index (χ2n) is 4.49. The number of rotatable bonds is 6. The molecule has 16 heavy (non-hydrogen) atoms. The maximum Gasteiger partial charge on any atom is 0.319 e. The summed E-state index contributed by atoms with van der Waals surface area (Å²) in [5.74, 6) is -0.157. The van der Waals surface area contributed by atoms with Crippen LogP contribution in [-0.2, 0) is 14.3 Å². The molecular formula is C12H23NO3. The van der Waals surface area contributed by atoms with Gasteiger partial charge in [0.1, 0.15) is 0 Å². The van der Waals surface area contributed by atoms with Crippen LogP contribution in [0, 0.1) is 0 Å². The van der Waals surface area contributed by atoms with Crippen LogP contribution >= 0.6 is 0 Å². The second-order valence-corrected chi connectivity index (χ2v) is 4.49. The molecule has 1 aliphatic carbocycles. The zero-order chi connectivity index (χ0) is 12.0. The SMILES string of the molecule is COC(=O)CN(CC(C)OC)C1CCCC1. The molecule has 1 rings (SSSR count). The van der Waals surface area contributed by atoms with Crippen LogP contribution in [0.5, 0.6) is 0 Å². The molecule has 0 bridgehead atoms. The summed E-state index contributed by atoms with van der Waals surface area (Å²) in [7, 11) is 3.14. The van der Waals surface area contributed by atoms with E-state index in [1.807, 2.05) is 6.92 Å². The van der Waals surface area contributed by atoms with Crippen molar-refractivity contribution in [3.8, 4) is 0 Å². The normalized spacial score (nSPS) is 19.0. The highest BCUT2D eigenvalue weighted by atomic mass is 16.5. The summed E-state index contributed by atoms with van der Waals surface area (Å²) in [6.07, 6.45) is 5.07. The lowest BCUT2D eigenvalue weighted by Crippen LogP contribution is -2.42. The molecule has 0 saturated heterocycles. The van der Waals surface area contributed by atoms with Crippen LogP contribution in [0.3, 0.4) is 0 Å². The third kappa shape index (κ3) is 4.10. The standard InChI is InChI=1S/C12H23NO3/c1-10(15-2)8-13(9-12(14)16-3)11-6-4-5-7-11/h10-11H,4-9H2,1-3H3. The quantitative estimate of drug-likeness (QED) is 0.646. The van der Waals surface area contributed by atoms with Gasteiger partial charge < -0.3 is 9.47 Å². The Morgan fingerprint density at radius 1 is 1.38 bits per heavy atom. The molecule has 0 spiro atoms. The zero-order valence-electron chi connectivity index (χ0n) is 10.6. The van der Waals surface area contributed by atoms with E-state index in [4.69, 9.17) is 9.47 Å². The summed E-state index contributed by atoms with van der Waals surface area (Å²) in [4.78, 5) is 13.5. The van der Waals surface area contributed by atoms with E-state index in [1.165, 1.54) is 32.8 Å². The summed E-state index contributed by atoms with van der Waals surface area (Å²) in [5.41, 5.74) is 0. The topological polar surface area (TPSA) is 38.8 Å². The maximum absolute atomic E-state index is 11.3. The van der Waals surface area contributed by atoms with Crippen LogP contribution in [0.2, 0.25) is 0 Å². The van der Waals surface area contributed by atoms with Crippen molar-refractivity contribution in [2.75, 3.05) is 27.3 Å². The van der Waals surface area contributed by atoms with Gasteiger partial charge in [-0.1, -0.05) is 12.8 Å². The first-order chi connectivity index (χ1) is 7.67. The maximum atomic E-state index is 11.3. The van der Waals surface area contributed by atoms with Gasteiger partial charge in [-0.3, -0.25) is 9.69 Å². The van der Waals surface area contributed by atoms with E-state index < -0.39 is 0 Å². The molecule has 1 aliphatic rings. The fraction of sp³-hybridized carbons (Fsp3) is 0.917. The molecule has 0 aliphatic heterocycles. The smallest absolute Gasteiger partial charge is 0.319 e. The van der Waals surface area contributed by atoms with E-state index in [-0.39, 0.29) is 12.1 Å². The van der Waals surface area contributed by atoms with Crippen LogP contribution in [-0.4, -0.2) is 50.3 Å². The van der Waals surface area contributed by atoms with Gasteiger partial charge in [0.2, 0.25) is 0 Å². The van der Waals surface area contributed by atoms with Gasteiger partial charge in [-0.25, -0.2) is 0 Å². The molecule has 0 radical (unpaired) electrons. The highest BCUT2D eigenvalue weighted by molar-refractivity contribution is 5.71. The molecule has 0 aromatic rings. The molecule has 0 heterocycles. The summed E-state index contributed by atoms with van der Waals surface area (Å²) >= 11 is 0. The van der Waals surface area contributed by atoms with Crippen LogP contribution in [0.1, 0.15) is 32.6 Å². The number of carbonyl (C=O) groups is 1. The van der Waals surface area contributed by atoms with E-state index >= 15 is 0 Å². The van der Waals surface area contributed by atoms with Crippen LogP contribution in [0.4, 0.5) is 0 Å². The molecule has 0 aromatic carbocycles. The number of ether oxygens (including phenoxy) is 2.